The van der Waals surface area contributed by atoms with E-state index in [1.165, 1.54) is 26.1 Å². The van der Waals surface area contributed by atoms with Gasteiger partial charge in [0.2, 0.25) is 5.78 Å². The van der Waals surface area contributed by atoms with E-state index >= 15 is 0 Å². The normalized spacial score (nSPS) is 13.2. The highest BCUT2D eigenvalue weighted by Gasteiger charge is 2.42. The number of nitrogens with two attached hydrogens (primary N) is 1. The van der Waals surface area contributed by atoms with Gasteiger partial charge in [-0.1, -0.05) is 12.1 Å². The Morgan fingerprint density at radius 3 is 2.32 bits per heavy atom. The molecule has 0 aliphatic carbocycles. The summed E-state index contributed by atoms with van der Waals surface area (Å²) in [5.41, 5.74) is 5.12. The summed E-state index contributed by atoms with van der Waals surface area (Å²) in [5.74, 6) is -4.72. The first-order chi connectivity index (χ1) is 12.8. The molecule has 7 nitrogen and oxygen atoms in total. The molecule has 28 heavy (non-hydrogen) atoms. The fourth-order valence-corrected chi connectivity index (χ4v) is 2.36. The minimum atomic E-state index is -5.23. The number of ether oxygens (including phenoxy) is 1. The fourth-order valence-electron chi connectivity index (χ4n) is 2.36. The number of Topliss-reactive ketones (excluding diaryl/α,β-unsaturated/α-hetero) is 1. The second kappa shape index (κ2) is 7.53. The van der Waals surface area contributed by atoms with Gasteiger partial charge >= 0.3 is 18.1 Å². The average Bonchev–Trinajstić information content (AvgIpc) is 2.89. The quantitative estimate of drug-likeness (QED) is 0.590. The lowest BCUT2D eigenvalue weighted by Gasteiger charge is -2.24. The van der Waals surface area contributed by atoms with Gasteiger partial charge in [-0.15, -0.1) is 0 Å². The van der Waals surface area contributed by atoms with Gasteiger partial charge < -0.3 is 20.2 Å². The highest BCUT2D eigenvalue weighted by atomic mass is 19.4. The van der Waals surface area contributed by atoms with Crippen LogP contribution in [0.3, 0.4) is 0 Å². The van der Waals surface area contributed by atoms with Crippen molar-refractivity contribution in [2.24, 2.45) is 0 Å². The number of anilines is 1. The number of nitrogens with one attached hydrogen (secondary N) is 1. The number of nitrogen functional groups attached to an aromatic ring is 1. The van der Waals surface area contributed by atoms with Crippen LogP contribution in [-0.2, 0) is 14.3 Å². The summed E-state index contributed by atoms with van der Waals surface area (Å²) in [5, 5.41) is 1.93. The van der Waals surface area contributed by atoms with E-state index in [0.29, 0.717) is 11.0 Å². The third-order valence-electron chi connectivity index (χ3n) is 3.53. The number of hydrogen-bond donors (Lipinski definition) is 2. The van der Waals surface area contributed by atoms with E-state index in [0.717, 1.165) is 0 Å². The standard InChI is InChI=1S/C18H19F3N2O5/c1-17(2,3)28-15(25)10(23-16(26)18(19,20)21)8-11(24)14-13(22)9-6-4-5-7-12(9)27-14/h4-7,10H,8,22H2,1-3H3,(H,23,26). The van der Waals surface area contributed by atoms with Crippen LogP contribution in [0.5, 0.6) is 0 Å². The Hall–Kier alpha value is -3.04. The lowest BCUT2D eigenvalue weighted by atomic mass is 10.1. The van der Waals surface area contributed by atoms with Gasteiger partial charge in [0, 0.05) is 11.8 Å². The zero-order chi connectivity index (χ0) is 21.3. The van der Waals surface area contributed by atoms with Crippen LogP contribution < -0.4 is 11.1 Å². The Bertz CT molecular complexity index is 912. The Balaban J connectivity index is 2.29. The molecule has 2 rings (SSSR count). The Kier molecular flexibility index (Phi) is 5.72. The van der Waals surface area contributed by atoms with Gasteiger partial charge in [-0.05, 0) is 32.9 Å². The van der Waals surface area contributed by atoms with Crippen molar-refractivity contribution in [1.29, 1.82) is 0 Å². The van der Waals surface area contributed by atoms with E-state index in [1.54, 1.807) is 24.3 Å². The molecule has 0 radical (unpaired) electrons. The fraction of sp³-hybridized carbons (Fsp3) is 0.389. The van der Waals surface area contributed by atoms with Crippen molar-refractivity contribution in [3.05, 3.63) is 30.0 Å². The number of ketones is 1. The molecular formula is C18H19F3N2O5. The Labute approximate surface area is 158 Å². The largest absolute Gasteiger partial charge is 0.471 e. The maximum Gasteiger partial charge on any atom is 0.471 e. The summed E-state index contributed by atoms with van der Waals surface area (Å²) in [4.78, 5) is 36.0. The van der Waals surface area contributed by atoms with Gasteiger partial charge in [0.15, 0.2) is 5.76 Å². The van der Waals surface area contributed by atoms with Gasteiger partial charge in [0.25, 0.3) is 0 Å². The van der Waals surface area contributed by atoms with Crippen molar-refractivity contribution in [3.8, 4) is 0 Å². The highest BCUT2D eigenvalue weighted by Crippen LogP contribution is 2.29. The minimum absolute atomic E-state index is 0.00862. The molecule has 0 aliphatic heterocycles. The summed E-state index contributed by atoms with van der Waals surface area (Å²) < 4.78 is 48.1. The van der Waals surface area contributed by atoms with Crippen LogP contribution in [0.1, 0.15) is 37.7 Å². The highest BCUT2D eigenvalue weighted by molar-refractivity contribution is 6.07. The zero-order valence-corrected chi connectivity index (χ0v) is 15.3. The molecule has 10 heteroatoms. The van der Waals surface area contributed by atoms with Gasteiger partial charge in [0.05, 0.1) is 5.69 Å². The van der Waals surface area contributed by atoms with Gasteiger partial charge in [0.1, 0.15) is 17.2 Å². The molecule has 0 saturated carbocycles. The summed E-state index contributed by atoms with van der Waals surface area (Å²) in [6, 6.07) is 4.59. The number of fused-ring (bicyclic) bond motifs is 1. The Morgan fingerprint density at radius 1 is 1.18 bits per heavy atom. The maximum atomic E-state index is 12.6. The molecule has 0 bridgehead atoms. The number of amides is 1. The molecule has 0 fully saturated rings. The number of furan rings is 1. The maximum absolute atomic E-state index is 12.6. The third-order valence-corrected chi connectivity index (χ3v) is 3.53. The number of rotatable bonds is 5. The van der Waals surface area contributed by atoms with Crippen LogP contribution in [0.25, 0.3) is 11.0 Å². The van der Waals surface area contributed by atoms with Gasteiger partial charge in [-0.2, -0.15) is 13.2 Å². The molecule has 1 amide bonds. The average molecular weight is 400 g/mol. The van der Waals surface area contributed by atoms with E-state index in [-0.39, 0.29) is 11.4 Å². The summed E-state index contributed by atoms with van der Waals surface area (Å²) in [7, 11) is 0. The second-order valence-corrected chi connectivity index (χ2v) is 7.03. The van der Waals surface area contributed by atoms with Crippen molar-refractivity contribution in [1.82, 2.24) is 5.32 Å². The first-order valence-corrected chi connectivity index (χ1v) is 8.20. The van der Waals surface area contributed by atoms with Crippen LogP contribution in [0.4, 0.5) is 18.9 Å². The third kappa shape index (κ3) is 5.02. The van der Waals surface area contributed by atoms with Gasteiger partial charge in [-0.25, -0.2) is 4.79 Å². The molecule has 1 heterocycles. The van der Waals surface area contributed by atoms with E-state index in [9.17, 15) is 27.6 Å². The van der Waals surface area contributed by atoms with E-state index < -0.39 is 41.9 Å². The van der Waals surface area contributed by atoms with Crippen molar-refractivity contribution in [3.63, 3.8) is 0 Å². The van der Waals surface area contributed by atoms with Crippen LogP contribution >= 0.6 is 0 Å². The molecule has 0 saturated heterocycles. The summed E-state index contributed by atoms with van der Waals surface area (Å²) in [6.45, 7) is 4.48. The van der Waals surface area contributed by atoms with Crippen LogP contribution in [-0.4, -0.2) is 35.5 Å². The number of halogens is 3. The van der Waals surface area contributed by atoms with E-state index in [1.807, 2.05) is 0 Å². The van der Waals surface area contributed by atoms with Gasteiger partial charge in [-0.3, -0.25) is 9.59 Å². The van der Waals surface area contributed by atoms with Crippen LogP contribution in [0.15, 0.2) is 28.7 Å². The Morgan fingerprint density at radius 2 is 1.79 bits per heavy atom. The monoisotopic (exact) mass is 400 g/mol. The molecule has 0 spiro atoms. The van der Waals surface area contributed by atoms with Crippen molar-refractivity contribution in [2.45, 2.75) is 45.0 Å². The minimum Gasteiger partial charge on any atom is -0.458 e. The van der Waals surface area contributed by atoms with Crippen LogP contribution in [0.2, 0.25) is 0 Å². The van der Waals surface area contributed by atoms with E-state index in [4.69, 9.17) is 14.9 Å². The molecule has 0 aliphatic rings. The zero-order valence-electron chi connectivity index (χ0n) is 15.3. The smallest absolute Gasteiger partial charge is 0.458 e. The molecule has 3 N–H and O–H groups in total. The first-order valence-electron chi connectivity index (χ1n) is 8.20. The number of hydrogen-bond acceptors (Lipinski definition) is 6. The molecule has 1 aromatic heterocycles. The predicted molar refractivity (Wildman–Crippen MR) is 93.4 cm³/mol. The molecular weight excluding hydrogens is 381 g/mol. The first kappa shape index (κ1) is 21.3. The van der Waals surface area contributed by atoms with Crippen molar-refractivity contribution in [2.75, 3.05) is 5.73 Å². The molecule has 1 aromatic carbocycles. The molecule has 2 aromatic rings. The summed E-state index contributed by atoms with van der Waals surface area (Å²) >= 11 is 0. The molecule has 1 unspecified atom stereocenters. The van der Waals surface area contributed by atoms with Crippen molar-refractivity contribution >= 4 is 34.3 Å². The summed E-state index contributed by atoms with van der Waals surface area (Å²) in [6.07, 6.45) is -6.05. The number of esters is 1. The lowest BCUT2D eigenvalue weighted by molar-refractivity contribution is -0.177. The van der Waals surface area contributed by atoms with E-state index in [2.05, 4.69) is 0 Å². The SMILES string of the molecule is CC(C)(C)OC(=O)C(CC(=O)c1oc2ccccc2c1N)NC(=O)C(F)(F)F. The predicted octanol–water partition coefficient (Wildman–Crippen LogP) is 2.98. The molecule has 1 atom stereocenters. The number of carbonyl (C=O) groups excluding carboxylic acids is 3. The number of para-hydroxylation sites is 1. The van der Waals surface area contributed by atoms with Crippen LogP contribution in [0, 0.1) is 0 Å². The second-order valence-electron chi connectivity index (χ2n) is 7.03. The number of carbonyl (C=O) groups is 3. The van der Waals surface area contributed by atoms with Crippen molar-refractivity contribution < 1.29 is 36.7 Å². The number of benzene rings is 1. The topological polar surface area (TPSA) is 112 Å². The lowest BCUT2D eigenvalue weighted by Crippen LogP contribution is -2.49. The molecule has 152 valence electrons. The number of alkyl halides is 3.